The summed E-state index contributed by atoms with van der Waals surface area (Å²) >= 11 is 0. The van der Waals surface area contributed by atoms with Crippen LogP contribution in [-0.4, -0.2) is 9.13 Å². The summed E-state index contributed by atoms with van der Waals surface area (Å²) in [6.07, 6.45) is 9.28. The standard InChI is InChI=1S/C54H42N2/c1-53(2)45-17-9-5-13-37(45)41-29-43-39-15-7-11-19-49(39)55(51(43)31-47(41)53)35-25-21-33(22-26-35)34-23-27-36(28-24-34)56-50-20-12-8-16-40(50)44-30-42-38-14-6-10-18-46(38)54(3,4)48(42)32-52(44)56/h5-32,37,45H,1-4H3. The molecule has 0 saturated carbocycles. The second kappa shape index (κ2) is 11.1. The van der Waals surface area contributed by atoms with Crippen LogP contribution < -0.4 is 0 Å². The van der Waals surface area contributed by atoms with Gasteiger partial charge in [0.2, 0.25) is 0 Å². The maximum absolute atomic E-state index is 2.50. The van der Waals surface area contributed by atoms with E-state index in [1.807, 2.05) is 0 Å². The SMILES string of the molecule is CC1(C)c2ccccc2-c2cc3c4ccccc4n(-c4ccc(-c5ccc(-n6c7ccccc7c7cc8c(cc76)C(C)(C)C6C=CC=CC86)cc5)cc4)c3cc21. The lowest BCUT2D eigenvalue weighted by molar-refractivity contribution is 0.394. The smallest absolute Gasteiger partial charge is 0.0544 e. The van der Waals surface area contributed by atoms with Crippen molar-refractivity contribution in [2.45, 2.75) is 44.4 Å². The molecule has 56 heavy (non-hydrogen) atoms. The molecule has 268 valence electrons. The lowest BCUT2D eigenvalue weighted by Gasteiger charge is -2.29. The molecule has 9 aromatic rings. The van der Waals surface area contributed by atoms with Gasteiger partial charge in [-0.2, -0.15) is 0 Å². The molecular formula is C54H42N2. The van der Waals surface area contributed by atoms with E-state index in [1.165, 1.54) is 99.5 Å². The van der Waals surface area contributed by atoms with Crippen molar-refractivity contribution in [3.05, 3.63) is 192 Å². The Bertz CT molecular complexity index is 3180. The van der Waals surface area contributed by atoms with Gasteiger partial charge in [0.05, 0.1) is 22.1 Å². The fraction of sp³-hybridized carbons (Fsp3) is 0.148. The average Bonchev–Trinajstić information content (AvgIpc) is 3.88. The molecule has 3 aliphatic carbocycles. The molecule has 2 unspecified atom stereocenters. The molecule has 2 aromatic heterocycles. The summed E-state index contributed by atoms with van der Waals surface area (Å²) < 4.78 is 4.93. The molecule has 7 aromatic carbocycles. The van der Waals surface area contributed by atoms with E-state index >= 15 is 0 Å². The highest BCUT2D eigenvalue weighted by atomic mass is 15.0. The summed E-state index contributed by atoms with van der Waals surface area (Å²) in [5.41, 5.74) is 18.3. The Kier molecular flexibility index (Phi) is 6.33. The van der Waals surface area contributed by atoms with E-state index in [0.717, 1.165) is 0 Å². The monoisotopic (exact) mass is 718 g/mol. The van der Waals surface area contributed by atoms with Crippen LogP contribution in [0.1, 0.15) is 55.9 Å². The minimum absolute atomic E-state index is 0.0546. The first-order valence-corrected chi connectivity index (χ1v) is 20.1. The number of allylic oxidation sites excluding steroid dienone is 4. The number of para-hydroxylation sites is 2. The van der Waals surface area contributed by atoms with Crippen molar-refractivity contribution in [2.75, 3.05) is 0 Å². The van der Waals surface area contributed by atoms with Crippen molar-refractivity contribution in [1.29, 1.82) is 0 Å². The van der Waals surface area contributed by atoms with Gasteiger partial charge >= 0.3 is 0 Å². The van der Waals surface area contributed by atoms with Gasteiger partial charge in [-0.15, -0.1) is 0 Å². The van der Waals surface area contributed by atoms with Crippen LogP contribution in [0, 0.1) is 5.92 Å². The Hall–Kier alpha value is -6.38. The normalized spacial score (nSPS) is 18.5. The van der Waals surface area contributed by atoms with Crippen molar-refractivity contribution in [3.63, 3.8) is 0 Å². The molecular weight excluding hydrogens is 677 g/mol. The number of aromatic nitrogens is 2. The van der Waals surface area contributed by atoms with Crippen molar-refractivity contribution >= 4 is 43.6 Å². The Labute approximate surface area is 327 Å². The number of hydrogen-bond donors (Lipinski definition) is 0. The van der Waals surface area contributed by atoms with Gasteiger partial charge in [-0.05, 0) is 117 Å². The van der Waals surface area contributed by atoms with E-state index in [2.05, 4.69) is 207 Å². The van der Waals surface area contributed by atoms with Gasteiger partial charge in [0, 0.05) is 44.3 Å². The zero-order chi connectivity index (χ0) is 37.5. The van der Waals surface area contributed by atoms with Crippen molar-refractivity contribution in [2.24, 2.45) is 5.92 Å². The first-order chi connectivity index (χ1) is 27.3. The zero-order valence-electron chi connectivity index (χ0n) is 32.2. The minimum atomic E-state index is -0.0546. The summed E-state index contributed by atoms with van der Waals surface area (Å²) in [4.78, 5) is 0. The van der Waals surface area contributed by atoms with Crippen molar-refractivity contribution in [3.8, 4) is 33.6 Å². The summed E-state index contributed by atoms with van der Waals surface area (Å²) in [5.74, 6) is 0.919. The highest BCUT2D eigenvalue weighted by Gasteiger charge is 2.45. The van der Waals surface area contributed by atoms with Gasteiger partial charge < -0.3 is 9.13 Å². The first-order valence-electron chi connectivity index (χ1n) is 20.1. The highest BCUT2D eigenvalue weighted by Crippen LogP contribution is 2.55. The van der Waals surface area contributed by atoms with Gasteiger partial charge in [0.1, 0.15) is 0 Å². The van der Waals surface area contributed by atoms with E-state index in [0.29, 0.717) is 11.8 Å². The second-order valence-electron chi connectivity index (χ2n) is 17.4. The second-order valence-corrected chi connectivity index (χ2v) is 17.4. The van der Waals surface area contributed by atoms with E-state index in [1.54, 1.807) is 0 Å². The summed E-state index contributed by atoms with van der Waals surface area (Å²) in [7, 11) is 0. The van der Waals surface area contributed by atoms with Crippen LogP contribution in [0.5, 0.6) is 0 Å². The zero-order valence-corrected chi connectivity index (χ0v) is 32.2. The van der Waals surface area contributed by atoms with Gasteiger partial charge in [0.25, 0.3) is 0 Å². The molecule has 0 spiro atoms. The van der Waals surface area contributed by atoms with Crippen LogP contribution in [0.15, 0.2) is 170 Å². The van der Waals surface area contributed by atoms with Crippen molar-refractivity contribution in [1.82, 2.24) is 9.13 Å². The molecule has 2 atom stereocenters. The highest BCUT2D eigenvalue weighted by molar-refractivity contribution is 6.12. The number of fused-ring (bicyclic) bond motifs is 12. The van der Waals surface area contributed by atoms with Crippen LogP contribution in [0.25, 0.3) is 77.2 Å². The lowest BCUT2D eigenvalue weighted by atomic mass is 9.74. The molecule has 0 radical (unpaired) electrons. The fourth-order valence-corrected chi connectivity index (χ4v) is 11.0. The summed E-state index contributed by atoms with van der Waals surface area (Å²) in [5, 5.41) is 5.24. The fourth-order valence-electron chi connectivity index (χ4n) is 11.0. The molecule has 0 bridgehead atoms. The predicted molar refractivity (Wildman–Crippen MR) is 236 cm³/mol. The molecule has 2 heterocycles. The topological polar surface area (TPSA) is 9.86 Å². The number of rotatable bonds is 3. The number of nitrogens with zero attached hydrogens (tertiary/aromatic N) is 2. The molecule has 0 N–H and O–H groups in total. The maximum Gasteiger partial charge on any atom is 0.0544 e. The molecule has 3 aliphatic rings. The van der Waals surface area contributed by atoms with Crippen LogP contribution in [0.2, 0.25) is 0 Å². The quantitative estimate of drug-likeness (QED) is 0.172. The Morgan fingerprint density at radius 3 is 1.61 bits per heavy atom. The van der Waals surface area contributed by atoms with Gasteiger partial charge in [0.15, 0.2) is 0 Å². The molecule has 2 nitrogen and oxygen atoms in total. The third kappa shape index (κ3) is 4.17. The van der Waals surface area contributed by atoms with Crippen LogP contribution >= 0.6 is 0 Å². The van der Waals surface area contributed by atoms with Gasteiger partial charge in [-0.25, -0.2) is 0 Å². The molecule has 0 amide bonds. The lowest BCUT2D eigenvalue weighted by Crippen LogP contribution is -2.24. The van der Waals surface area contributed by atoms with E-state index < -0.39 is 0 Å². The molecule has 12 rings (SSSR count). The van der Waals surface area contributed by atoms with Gasteiger partial charge in [-0.3, -0.25) is 0 Å². The van der Waals surface area contributed by atoms with E-state index in [4.69, 9.17) is 0 Å². The Morgan fingerprint density at radius 1 is 0.429 bits per heavy atom. The Morgan fingerprint density at radius 2 is 0.964 bits per heavy atom. The first kappa shape index (κ1) is 31.9. The Balaban J connectivity index is 0.942. The summed E-state index contributed by atoms with van der Waals surface area (Å²) in [6, 6.07) is 54.9. The van der Waals surface area contributed by atoms with E-state index in [-0.39, 0.29) is 10.8 Å². The van der Waals surface area contributed by atoms with Crippen LogP contribution in [-0.2, 0) is 10.8 Å². The summed E-state index contributed by atoms with van der Waals surface area (Å²) in [6.45, 7) is 9.58. The maximum atomic E-state index is 2.50. The van der Waals surface area contributed by atoms with Crippen LogP contribution in [0.3, 0.4) is 0 Å². The largest absolute Gasteiger partial charge is 0.309 e. The number of benzene rings is 7. The van der Waals surface area contributed by atoms with Gasteiger partial charge in [-0.1, -0.05) is 137 Å². The van der Waals surface area contributed by atoms with E-state index in [9.17, 15) is 0 Å². The van der Waals surface area contributed by atoms with Crippen molar-refractivity contribution < 1.29 is 0 Å². The number of hydrogen-bond acceptors (Lipinski definition) is 0. The molecule has 2 heteroatoms. The third-order valence-electron chi connectivity index (χ3n) is 13.8. The van der Waals surface area contributed by atoms with Crippen LogP contribution in [0.4, 0.5) is 0 Å². The minimum Gasteiger partial charge on any atom is -0.309 e. The molecule has 0 saturated heterocycles. The average molecular weight is 719 g/mol. The molecule has 0 aliphatic heterocycles. The molecule has 0 fully saturated rings. The predicted octanol–water partition coefficient (Wildman–Crippen LogP) is 14.0. The third-order valence-corrected chi connectivity index (χ3v) is 13.8.